The van der Waals surface area contributed by atoms with Crippen molar-refractivity contribution in [3.8, 4) is 0 Å². The second-order valence-electron chi connectivity index (χ2n) is 6.42. The number of hydrogen-bond acceptors (Lipinski definition) is 6. The molecule has 0 saturated carbocycles. The van der Waals surface area contributed by atoms with E-state index in [0.717, 1.165) is 32.9 Å². The number of carbonyl (C=O) groups excluding carboxylic acids is 1. The van der Waals surface area contributed by atoms with Gasteiger partial charge in [0.2, 0.25) is 0 Å². The van der Waals surface area contributed by atoms with Crippen LogP contribution in [0, 0.1) is 20.8 Å². The molecule has 2 aromatic carbocycles. The monoisotopic (exact) mass is 394 g/mol. The maximum Gasteiger partial charge on any atom is 0.274 e. The Morgan fingerprint density at radius 1 is 1.07 bits per heavy atom. The summed E-state index contributed by atoms with van der Waals surface area (Å²) in [6.07, 6.45) is 0. The van der Waals surface area contributed by atoms with Gasteiger partial charge in [0.05, 0.1) is 22.5 Å². The smallest absolute Gasteiger partial charge is 0.274 e. The molecule has 27 heavy (non-hydrogen) atoms. The van der Waals surface area contributed by atoms with E-state index in [4.69, 9.17) is 4.98 Å². The molecule has 1 amide bonds. The highest BCUT2D eigenvalue weighted by atomic mass is 32.1. The van der Waals surface area contributed by atoms with Crippen molar-refractivity contribution < 1.29 is 4.79 Å². The Balaban J connectivity index is 1.81. The average molecular weight is 395 g/mol. The Morgan fingerprint density at radius 2 is 1.85 bits per heavy atom. The molecule has 2 heterocycles. The first-order valence-corrected chi connectivity index (χ1v) is 10.1. The van der Waals surface area contributed by atoms with Crippen LogP contribution in [0.25, 0.3) is 10.2 Å². The van der Waals surface area contributed by atoms with Gasteiger partial charge >= 0.3 is 0 Å². The highest BCUT2D eigenvalue weighted by Gasteiger charge is 2.25. The fraction of sp³-hybridized carbons (Fsp3) is 0.200. The molecule has 4 aromatic rings. The molecule has 0 radical (unpaired) electrons. The number of nitrogens with zero attached hydrogens (tertiary/aromatic N) is 4. The van der Waals surface area contributed by atoms with Crippen LogP contribution in [0.5, 0.6) is 0 Å². The van der Waals surface area contributed by atoms with Crippen LogP contribution in [-0.4, -0.2) is 20.5 Å². The van der Waals surface area contributed by atoms with Gasteiger partial charge < -0.3 is 0 Å². The van der Waals surface area contributed by atoms with E-state index in [-0.39, 0.29) is 5.91 Å². The molecule has 0 fully saturated rings. The first-order valence-electron chi connectivity index (χ1n) is 8.56. The molecule has 7 heteroatoms. The lowest BCUT2D eigenvalue weighted by Crippen LogP contribution is -2.30. The van der Waals surface area contributed by atoms with E-state index in [1.165, 1.54) is 16.9 Å². The Bertz CT molecular complexity index is 1120. The first-order chi connectivity index (χ1) is 13.0. The van der Waals surface area contributed by atoms with E-state index in [1.54, 1.807) is 4.90 Å². The highest BCUT2D eigenvalue weighted by Crippen LogP contribution is 2.33. The van der Waals surface area contributed by atoms with Crippen molar-refractivity contribution >= 4 is 44.1 Å². The zero-order valence-corrected chi connectivity index (χ0v) is 16.9. The van der Waals surface area contributed by atoms with Crippen molar-refractivity contribution in [2.24, 2.45) is 0 Å². The van der Waals surface area contributed by atoms with Gasteiger partial charge in [-0.3, -0.25) is 9.69 Å². The van der Waals surface area contributed by atoms with Crippen LogP contribution in [0.3, 0.4) is 0 Å². The van der Waals surface area contributed by atoms with Crippen LogP contribution in [0.1, 0.15) is 32.1 Å². The second-order valence-corrected chi connectivity index (χ2v) is 8.18. The number of carbonyl (C=O) groups is 1. The fourth-order valence-electron chi connectivity index (χ4n) is 2.87. The molecule has 2 aromatic heterocycles. The van der Waals surface area contributed by atoms with Crippen LogP contribution in [-0.2, 0) is 6.54 Å². The second kappa shape index (κ2) is 7.17. The van der Waals surface area contributed by atoms with E-state index in [1.807, 2.05) is 37.3 Å². The predicted octanol–water partition coefficient (Wildman–Crippen LogP) is 4.92. The Labute approximate surface area is 165 Å². The molecule has 0 atom stereocenters. The number of aromatic nitrogens is 3. The zero-order chi connectivity index (χ0) is 19.0. The number of fused-ring (bicyclic) bond motifs is 1. The molecule has 0 aliphatic heterocycles. The summed E-state index contributed by atoms with van der Waals surface area (Å²) in [5.74, 6) is -0.111. The SMILES string of the molecule is Cc1ccc2sc(N(Cc3ccccc3)C(=O)c3snnc3C)nc2c1C. The number of amides is 1. The van der Waals surface area contributed by atoms with Gasteiger partial charge in [0.1, 0.15) is 4.88 Å². The first kappa shape index (κ1) is 17.8. The molecule has 0 N–H and O–H groups in total. The number of thiazole rings is 1. The van der Waals surface area contributed by atoms with Crippen LogP contribution in [0.2, 0.25) is 0 Å². The minimum absolute atomic E-state index is 0.111. The third kappa shape index (κ3) is 3.36. The van der Waals surface area contributed by atoms with Crippen molar-refractivity contribution in [1.82, 2.24) is 14.6 Å². The van der Waals surface area contributed by atoms with Gasteiger partial charge in [-0.1, -0.05) is 52.2 Å². The topological polar surface area (TPSA) is 59.0 Å². The molecule has 0 spiro atoms. The van der Waals surface area contributed by atoms with E-state index in [9.17, 15) is 4.79 Å². The van der Waals surface area contributed by atoms with Gasteiger partial charge in [0.25, 0.3) is 5.91 Å². The van der Waals surface area contributed by atoms with Crippen molar-refractivity contribution in [2.45, 2.75) is 27.3 Å². The third-order valence-electron chi connectivity index (χ3n) is 4.58. The van der Waals surface area contributed by atoms with Gasteiger partial charge in [-0.05, 0) is 55.1 Å². The van der Waals surface area contributed by atoms with Crippen molar-refractivity contribution in [2.75, 3.05) is 4.90 Å². The van der Waals surface area contributed by atoms with Crippen molar-refractivity contribution in [3.05, 3.63) is 69.7 Å². The number of hydrogen-bond donors (Lipinski definition) is 0. The lowest BCUT2D eigenvalue weighted by atomic mass is 10.1. The van der Waals surface area contributed by atoms with Gasteiger partial charge in [-0.2, -0.15) is 0 Å². The minimum atomic E-state index is -0.111. The van der Waals surface area contributed by atoms with Gasteiger partial charge in [0, 0.05) is 0 Å². The molecular weight excluding hydrogens is 376 g/mol. The molecule has 0 unspecified atom stereocenters. The Morgan fingerprint density at radius 3 is 2.56 bits per heavy atom. The maximum absolute atomic E-state index is 13.3. The predicted molar refractivity (Wildman–Crippen MR) is 111 cm³/mol. The van der Waals surface area contributed by atoms with Gasteiger partial charge in [-0.25, -0.2) is 4.98 Å². The zero-order valence-electron chi connectivity index (χ0n) is 15.3. The van der Waals surface area contributed by atoms with E-state index < -0.39 is 0 Å². The summed E-state index contributed by atoms with van der Waals surface area (Å²) >= 11 is 2.66. The Kier molecular flexibility index (Phi) is 4.72. The summed E-state index contributed by atoms with van der Waals surface area (Å²) in [5.41, 5.74) is 5.00. The van der Waals surface area contributed by atoms with Crippen molar-refractivity contribution in [3.63, 3.8) is 0 Å². The fourth-order valence-corrected chi connectivity index (χ4v) is 4.50. The lowest BCUT2D eigenvalue weighted by Gasteiger charge is -2.19. The molecule has 5 nitrogen and oxygen atoms in total. The molecule has 0 bridgehead atoms. The molecule has 4 rings (SSSR count). The van der Waals surface area contributed by atoms with Crippen LogP contribution in [0.4, 0.5) is 5.13 Å². The van der Waals surface area contributed by atoms with Crippen molar-refractivity contribution in [1.29, 1.82) is 0 Å². The molecule has 0 saturated heterocycles. The van der Waals surface area contributed by atoms with Crippen LogP contribution >= 0.6 is 22.9 Å². The van der Waals surface area contributed by atoms with Crippen LogP contribution in [0.15, 0.2) is 42.5 Å². The summed E-state index contributed by atoms with van der Waals surface area (Å²) < 4.78 is 5.00. The van der Waals surface area contributed by atoms with Crippen LogP contribution < -0.4 is 4.90 Å². The number of benzene rings is 2. The number of aryl methyl sites for hydroxylation is 3. The maximum atomic E-state index is 13.3. The van der Waals surface area contributed by atoms with Gasteiger partial charge in [-0.15, -0.1) is 5.10 Å². The summed E-state index contributed by atoms with van der Waals surface area (Å²) in [7, 11) is 0. The highest BCUT2D eigenvalue weighted by molar-refractivity contribution is 7.22. The van der Waals surface area contributed by atoms with E-state index >= 15 is 0 Å². The quantitative estimate of drug-likeness (QED) is 0.493. The normalized spacial score (nSPS) is 11.1. The molecule has 0 aliphatic carbocycles. The number of anilines is 1. The summed E-state index contributed by atoms with van der Waals surface area (Å²) in [4.78, 5) is 20.4. The minimum Gasteiger partial charge on any atom is -0.279 e. The largest absolute Gasteiger partial charge is 0.279 e. The molecule has 136 valence electrons. The van der Waals surface area contributed by atoms with Gasteiger partial charge in [0.15, 0.2) is 5.13 Å². The summed E-state index contributed by atoms with van der Waals surface area (Å²) in [5, 5.41) is 4.69. The standard InChI is InChI=1S/C20H18N4OS2/c1-12-9-10-16-17(13(12)2)21-20(26-16)24(11-15-7-5-4-6-8-15)19(25)18-14(3)22-23-27-18/h4-10H,11H2,1-3H3. The molecular formula is C20H18N4OS2. The molecule has 0 aliphatic rings. The van der Waals surface area contributed by atoms with E-state index in [0.29, 0.717) is 22.2 Å². The lowest BCUT2D eigenvalue weighted by molar-refractivity contribution is 0.0988. The Hall–Kier alpha value is -2.64. The average Bonchev–Trinajstić information content (AvgIpc) is 3.30. The number of rotatable bonds is 4. The third-order valence-corrected chi connectivity index (χ3v) is 6.44. The summed E-state index contributed by atoms with van der Waals surface area (Å²) in [6, 6.07) is 14.1. The van der Waals surface area contributed by atoms with E-state index in [2.05, 4.69) is 35.6 Å². The summed E-state index contributed by atoms with van der Waals surface area (Å²) in [6.45, 7) is 6.41.